The Labute approximate surface area is 127 Å². The van der Waals surface area contributed by atoms with Crippen molar-refractivity contribution in [3.63, 3.8) is 0 Å². The summed E-state index contributed by atoms with van der Waals surface area (Å²) >= 11 is 7.38. The first-order chi connectivity index (χ1) is 8.58. The molecular formula is C14H22Br2N2. The lowest BCUT2D eigenvalue weighted by Crippen LogP contribution is -2.29. The molecule has 1 aliphatic carbocycles. The molecule has 1 fully saturated rings. The van der Waals surface area contributed by atoms with Crippen molar-refractivity contribution in [3.8, 4) is 0 Å². The summed E-state index contributed by atoms with van der Waals surface area (Å²) in [5, 5.41) is 5.77. The molecule has 1 heterocycles. The lowest BCUT2D eigenvalue weighted by atomic mass is 9.82. The van der Waals surface area contributed by atoms with E-state index in [1.165, 1.54) is 48.7 Å². The molecule has 1 aromatic rings. The van der Waals surface area contributed by atoms with Crippen LogP contribution in [0, 0.1) is 19.3 Å². The minimum atomic E-state index is 0.402. The highest BCUT2D eigenvalue weighted by molar-refractivity contribution is 9.10. The average Bonchev–Trinajstić information content (AvgIpc) is 2.59. The summed E-state index contributed by atoms with van der Waals surface area (Å²) in [7, 11) is 0. The minimum absolute atomic E-state index is 0.402. The molecule has 102 valence electrons. The molecule has 0 radical (unpaired) electrons. The molecule has 2 rings (SSSR count). The van der Waals surface area contributed by atoms with Gasteiger partial charge in [-0.2, -0.15) is 5.10 Å². The molecule has 0 N–H and O–H groups in total. The summed E-state index contributed by atoms with van der Waals surface area (Å²) < 4.78 is 3.37. The van der Waals surface area contributed by atoms with Crippen LogP contribution >= 0.6 is 31.9 Å². The molecule has 0 bridgehead atoms. The summed E-state index contributed by atoms with van der Waals surface area (Å²) in [6.45, 7) is 5.28. The Balaban J connectivity index is 2.20. The van der Waals surface area contributed by atoms with Gasteiger partial charge in [0, 0.05) is 17.6 Å². The molecule has 4 heteroatoms. The summed E-state index contributed by atoms with van der Waals surface area (Å²) in [5.41, 5.74) is 2.77. The van der Waals surface area contributed by atoms with Crippen molar-refractivity contribution in [2.24, 2.45) is 5.41 Å². The van der Waals surface area contributed by atoms with Crippen molar-refractivity contribution in [1.29, 1.82) is 0 Å². The number of aromatic nitrogens is 2. The number of nitrogens with zero attached hydrogens (tertiary/aromatic N) is 2. The fraction of sp³-hybridized carbons (Fsp3) is 0.786. The van der Waals surface area contributed by atoms with Crippen molar-refractivity contribution in [2.45, 2.75) is 58.9 Å². The van der Waals surface area contributed by atoms with E-state index in [-0.39, 0.29) is 0 Å². The second kappa shape index (κ2) is 6.08. The molecule has 1 aromatic heterocycles. The molecule has 18 heavy (non-hydrogen) atoms. The van der Waals surface area contributed by atoms with E-state index < -0.39 is 0 Å². The number of aryl methyl sites for hydroxylation is 1. The Kier molecular flexibility index (Phi) is 4.92. The lowest BCUT2D eigenvalue weighted by molar-refractivity contribution is 0.229. The van der Waals surface area contributed by atoms with E-state index in [2.05, 4.69) is 55.5 Å². The van der Waals surface area contributed by atoms with Gasteiger partial charge in [-0.05, 0) is 48.0 Å². The quantitative estimate of drug-likeness (QED) is 0.535. The Morgan fingerprint density at radius 2 is 1.78 bits per heavy atom. The highest BCUT2D eigenvalue weighted by Crippen LogP contribution is 2.38. The highest BCUT2D eigenvalue weighted by Gasteiger charge is 2.31. The van der Waals surface area contributed by atoms with Crippen LogP contribution in [0.2, 0.25) is 0 Å². The molecule has 0 spiro atoms. The summed E-state index contributed by atoms with van der Waals surface area (Å²) in [5.74, 6) is 0. The van der Waals surface area contributed by atoms with Crippen molar-refractivity contribution in [2.75, 3.05) is 5.33 Å². The molecule has 1 saturated carbocycles. The van der Waals surface area contributed by atoms with E-state index in [1.54, 1.807) is 0 Å². The van der Waals surface area contributed by atoms with Crippen molar-refractivity contribution < 1.29 is 0 Å². The first-order valence-electron chi connectivity index (χ1n) is 6.83. The molecule has 1 aliphatic rings. The molecule has 0 aromatic carbocycles. The van der Waals surface area contributed by atoms with Gasteiger partial charge in [0.15, 0.2) is 0 Å². The monoisotopic (exact) mass is 376 g/mol. The first-order valence-corrected chi connectivity index (χ1v) is 8.75. The average molecular weight is 378 g/mol. The van der Waals surface area contributed by atoms with E-state index in [9.17, 15) is 0 Å². The van der Waals surface area contributed by atoms with Crippen LogP contribution in [0.15, 0.2) is 4.47 Å². The van der Waals surface area contributed by atoms with Gasteiger partial charge in [0.25, 0.3) is 0 Å². The Hall–Kier alpha value is 0.170. The third-order valence-corrected chi connectivity index (χ3v) is 6.56. The maximum Gasteiger partial charge on any atom is 0.0738 e. The fourth-order valence-corrected chi connectivity index (χ4v) is 3.98. The largest absolute Gasteiger partial charge is 0.268 e. The van der Waals surface area contributed by atoms with Crippen LogP contribution in [0.3, 0.4) is 0 Å². The van der Waals surface area contributed by atoms with E-state index in [0.29, 0.717) is 5.41 Å². The third kappa shape index (κ3) is 3.01. The number of alkyl halides is 1. The van der Waals surface area contributed by atoms with Gasteiger partial charge in [0.05, 0.1) is 10.2 Å². The van der Waals surface area contributed by atoms with Crippen LogP contribution in [0.4, 0.5) is 0 Å². The molecule has 2 nitrogen and oxygen atoms in total. The van der Waals surface area contributed by atoms with Gasteiger partial charge in [-0.1, -0.05) is 41.6 Å². The van der Waals surface area contributed by atoms with Crippen LogP contribution in [-0.2, 0) is 6.54 Å². The number of halogens is 2. The van der Waals surface area contributed by atoms with E-state index in [0.717, 1.165) is 17.6 Å². The van der Waals surface area contributed by atoms with Gasteiger partial charge in [0.1, 0.15) is 0 Å². The van der Waals surface area contributed by atoms with Crippen molar-refractivity contribution >= 4 is 31.9 Å². The number of hydrogen-bond acceptors (Lipinski definition) is 1. The van der Waals surface area contributed by atoms with Crippen LogP contribution in [0.1, 0.15) is 49.9 Å². The van der Waals surface area contributed by atoms with E-state index in [4.69, 9.17) is 0 Å². The molecular weight excluding hydrogens is 356 g/mol. The summed E-state index contributed by atoms with van der Waals surface area (Å²) in [6, 6.07) is 0. The van der Waals surface area contributed by atoms with Gasteiger partial charge >= 0.3 is 0 Å². The predicted octanol–water partition coefficient (Wildman–Crippen LogP) is 5.00. The second-order valence-corrected chi connectivity index (χ2v) is 7.04. The highest BCUT2D eigenvalue weighted by atomic mass is 79.9. The normalized spacial score (nSPS) is 19.8. The van der Waals surface area contributed by atoms with Gasteiger partial charge in [-0.15, -0.1) is 0 Å². The van der Waals surface area contributed by atoms with Gasteiger partial charge < -0.3 is 0 Å². The fourth-order valence-electron chi connectivity index (χ4n) is 2.96. The van der Waals surface area contributed by atoms with Gasteiger partial charge in [-0.25, -0.2) is 0 Å². The lowest BCUT2D eigenvalue weighted by Gasteiger charge is -2.31. The van der Waals surface area contributed by atoms with Crippen LogP contribution < -0.4 is 0 Å². The molecule has 0 amide bonds. The Morgan fingerprint density at radius 1 is 1.17 bits per heavy atom. The van der Waals surface area contributed by atoms with Crippen LogP contribution in [0.5, 0.6) is 0 Å². The summed E-state index contributed by atoms with van der Waals surface area (Å²) in [6.07, 6.45) is 8.19. The zero-order valence-corrected chi connectivity index (χ0v) is 14.5. The minimum Gasteiger partial charge on any atom is -0.268 e. The Bertz CT molecular complexity index is 404. The SMILES string of the molecule is Cc1nn(CC2(CBr)CCCCCC2)c(C)c1Br. The molecule has 0 aliphatic heterocycles. The van der Waals surface area contributed by atoms with Crippen molar-refractivity contribution in [1.82, 2.24) is 9.78 Å². The van der Waals surface area contributed by atoms with Gasteiger partial charge in [0.2, 0.25) is 0 Å². The van der Waals surface area contributed by atoms with Crippen molar-refractivity contribution in [3.05, 3.63) is 15.9 Å². The zero-order chi connectivity index (χ0) is 13.2. The molecule has 0 atom stereocenters. The topological polar surface area (TPSA) is 17.8 Å². The van der Waals surface area contributed by atoms with Crippen LogP contribution in [0.25, 0.3) is 0 Å². The standard InChI is InChI=1S/C14H22Br2N2/c1-11-13(16)12(2)18(17-11)10-14(9-15)7-5-3-4-6-8-14/h3-10H2,1-2H3. The maximum atomic E-state index is 4.68. The summed E-state index contributed by atoms with van der Waals surface area (Å²) in [4.78, 5) is 0. The third-order valence-electron chi connectivity index (χ3n) is 4.23. The van der Waals surface area contributed by atoms with Crippen LogP contribution in [-0.4, -0.2) is 15.1 Å². The predicted molar refractivity (Wildman–Crippen MR) is 83.3 cm³/mol. The number of rotatable bonds is 3. The Morgan fingerprint density at radius 3 is 2.22 bits per heavy atom. The van der Waals surface area contributed by atoms with E-state index >= 15 is 0 Å². The molecule has 0 saturated heterocycles. The smallest absolute Gasteiger partial charge is 0.0738 e. The second-order valence-electron chi connectivity index (χ2n) is 5.69. The number of hydrogen-bond donors (Lipinski definition) is 0. The molecule has 0 unspecified atom stereocenters. The first kappa shape index (κ1) is 14.6. The van der Waals surface area contributed by atoms with Gasteiger partial charge in [-0.3, -0.25) is 4.68 Å². The van der Waals surface area contributed by atoms with E-state index in [1.807, 2.05) is 0 Å². The maximum absolute atomic E-state index is 4.68. The zero-order valence-electron chi connectivity index (χ0n) is 11.3.